The summed E-state index contributed by atoms with van der Waals surface area (Å²) < 4.78 is 18.9. The van der Waals surface area contributed by atoms with E-state index in [4.69, 9.17) is 15.8 Å². The SMILES string of the molecule is Cc1c(NN)ncnc1Oc1cccc(F)c1C#N. The van der Waals surface area contributed by atoms with Gasteiger partial charge < -0.3 is 10.2 Å². The van der Waals surface area contributed by atoms with Gasteiger partial charge in [-0.2, -0.15) is 5.26 Å². The van der Waals surface area contributed by atoms with Crippen molar-refractivity contribution in [3.05, 3.63) is 41.5 Å². The van der Waals surface area contributed by atoms with E-state index in [2.05, 4.69) is 15.4 Å². The first-order valence-corrected chi connectivity index (χ1v) is 5.32. The number of nitrogens with one attached hydrogen (secondary N) is 1. The highest BCUT2D eigenvalue weighted by Crippen LogP contribution is 2.28. The van der Waals surface area contributed by atoms with E-state index in [0.29, 0.717) is 11.4 Å². The fraction of sp³-hybridized carbons (Fsp3) is 0.0833. The first-order valence-electron chi connectivity index (χ1n) is 5.32. The number of halogens is 1. The highest BCUT2D eigenvalue weighted by Gasteiger charge is 2.13. The van der Waals surface area contributed by atoms with E-state index in [1.807, 2.05) is 0 Å². The molecule has 0 amide bonds. The molecule has 1 heterocycles. The van der Waals surface area contributed by atoms with Crippen molar-refractivity contribution in [2.75, 3.05) is 5.43 Å². The van der Waals surface area contributed by atoms with Gasteiger partial charge in [-0.15, -0.1) is 0 Å². The van der Waals surface area contributed by atoms with Crippen molar-refractivity contribution < 1.29 is 9.13 Å². The number of nitriles is 1. The maximum atomic E-state index is 13.4. The summed E-state index contributed by atoms with van der Waals surface area (Å²) in [7, 11) is 0. The van der Waals surface area contributed by atoms with E-state index < -0.39 is 5.82 Å². The van der Waals surface area contributed by atoms with Crippen LogP contribution in [-0.2, 0) is 0 Å². The van der Waals surface area contributed by atoms with Crippen LogP contribution in [-0.4, -0.2) is 9.97 Å². The van der Waals surface area contributed by atoms with E-state index in [1.54, 1.807) is 13.0 Å². The Morgan fingerprint density at radius 1 is 1.42 bits per heavy atom. The molecule has 0 fully saturated rings. The van der Waals surface area contributed by atoms with Gasteiger partial charge in [0.25, 0.3) is 0 Å². The Morgan fingerprint density at radius 3 is 2.89 bits per heavy atom. The number of nitrogens with two attached hydrogens (primary N) is 1. The van der Waals surface area contributed by atoms with Gasteiger partial charge in [-0.05, 0) is 19.1 Å². The highest BCUT2D eigenvalue weighted by atomic mass is 19.1. The van der Waals surface area contributed by atoms with Crippen molar-refractivity contribution in [1.82, 2.24) is 9.97 Å². The fourth-order valence-electron chi connectivity index (χ4n) is 1.48. The van der Waals surface area contributed by atoms with Crippen LogP contribution in [0.3, 0.4) is 0 Å². The average Bonchev–Trinajstić information content (AvgIpc) is 2.41. The van der Waals surface area contributed by atoms with Crippen LogP contribution in [0, 0.1) is 24.1 Å². The quantitative estimate of drug-likeness (QED) is 0.645. The zero-order valence-corrected chi connectivity index (χ0v) is 10.0. The van der Waals surface area contributed by atoms with E-state index >= 15 is 0 Å². The second kappa shape index (κ2) is 5.29. The Balaban J connectivity index is 2.43. The normalized spacial score (nSPS) is 9.79. The number of hydrogen-bond acceptors (Lipinski definition) is 6. The average molecular weight is 259 g/mol. The van der Waals surface area contributed by atoms with E-state index in [0.717, 1.165) is 0 Å². The van der Waals surface area contributed by atoms with Gasteiger partial charge in [-0.3, -0.25) is 0 Å². The summed E-state index contributed by atoms with van der Waals surface area (Å²) in [6, 6.07) is 5.87. The van der Waals surface area contributed by atoms with Crippen LogP contribution in [0.5, 0.6) is 11.6 Å². The van der Waals surface area contributed by atoms with E-state index in [-0.39, 0.29) is 17.2 Å². The molecule has 0 aliphatic heterocycles. The Morgan fingerprint density at radius 2 is 2.21 bits per heavy atom. The zero-order valence-electron chi connectivity index (χ0n) is 10.0. The van der Waals surface area contributed by atoms with Crippen molar-refractivity contribution in [1.29, 1.82) is 5.26 Å². The number of rotatable bonds is 3. The van der Waals surface area contributed by atoms with Crippen LogP contribution in [0.4, 0.5) is 10.2 Å². The fourth-order valence-corrected chi connectivity index (χ4v) is 1.48. The molecule has 7 heteroatoms. The largest absolute Gasteiger partial charge is 0.437 e. The predicted molar refractivity (Wildman–Crippen MR) is 65.8 cm³/mol. The molecule has 0 saturated heterocycles. The molecule has 0 spiro atoms. The smallest absolute Gasteiger partial charge is 0.227 e. The van der Waals surface area contributed by atoms with Gasteiger partial charge >= 0.3 is 0 Å². The monoisotopic (exact) mass is 259 g/mol. The molecule has 0 saturated carbocycles. The summed E-state index contributed by atoms with van der Waals surface area (Å²) in [4.78, 5) is 7.82. The standard InChI is InChI=1S/C12H10FN5O/c1-7-11(18-15)16-6-17-12(7)19-10-4-2-3-9(13)8(10)5-14/h2-4,6H,15H2,1H3,(H,16,17,18). The summed E-state index contributed by atoms with van der Waals surface area (Å²) in [6.45, 7) is 1.69. The van der Waals surface area contributed by atoms with E-state index in [9.17, 15) is 4.39 Å². The molecule has 3 N–H and O–H groups in total. The lowest BCUT2D eigenvalue weighted by molar-refractivity contribution is 0.451. The minimum Gasteiger partial charge on any atom is -0.437 e. The molecular weight excluding hydrogens is 249 g/mol. The van der Waals surface area contributed by atoms with Crippen molar-refractivity contribution in [3.63, 3.8) is 0 Å². The lowest BCUT2D eigenvalue weighted by Crippen LogP contribution is -2.11. The molecule has 0 bridgehead atoms. The molecule has 0 unspecified atom stereocenters. The number of hydrogen-bond donors (Lipinski definition) is 2. The number of ether oxygens (including phenoxy) is 1. The van der Waals surface area contributed by atoms with Gasteiger partial charge in [-0.25, -0.2) is 20.2 Å². The molecule has 0 radical (unpaired) electrons. The topological polar surface area (TPSA) is 96.8 Å². The van der Waals surface area contributed by atoms with Crippen molar-refractivity contribution in [2.24, 2.45) is 5.84 Å². The maximum absolute atomic E-state index is 13.4. The van der Waals surface area contributed by atoms with Crippen LogP contribution in [0.2, 0.25) is 0 Å². The van der Waals surface area contributed by atoms with Gasteiger partial charge in [0.05, 0.1) is 5.56 Å². The second-order valence-corrected chi connectivity index (χ2v) is 3.62. The highest BCUT2D eigenvalue weighted by molar-refractivity contribution is 5.50. The van der Waals surface area contributed by atoms with E-state index in [1.165, 1.54) is 24.5 Å². The Hall–Kier alpha value is -2.72. The summed E-state index contributed by atoms with van der Waals surface area (Å²) in [5, 5.41) is 8.91. The van der Waals surface area contributed by atoms with Crippen molar-refractivity contribution in [2.45, 2.75) is 6.92 Å². The van der Waals surface area contributed by atoms with Gasteiger partial charge in [0.2, 0.25) is 5.88 Å². The Kier molecular flexibility index (Phi) is 3.54. The zero-order chi connectivity index (χ0) is 13.8. The minimum absolute atomic E-state index is 0.0901. The summed E-state index contributed by atoms with van der Waals surface area (Å²) >= 11 is 0. The first-order chi connectivity index (χ1) is 9.17. The van der Waals surface area contributed by atoms with Gasteiger partial charge in [0.1, 0.15) is 35.3 Å². The summed E-state index contributed by atoms with van der Waals surface area (Å²) in [6.07, 6.45) is 1.25. The maximum Gasteiger partial charge on any atom is 0.227 e. The van der Waals surface area contributed by atoms with Crippen molar-refractivity contribution in [3.8, 4) is 17.7 Å². The summed E-state index contributed by atoms with van der Waals surface area (Å²) in [5.41, 5.74) is 2.77. The van der Waals surface area contributed by atoms with Crippen LogP contribution in [0.15, 0.2) is 24.5 Å². The molecule has 96 valence electrons. The molecule has 6 nitrogen and oxygen atoms in total. The second-order valence-electron chi connectivity index (χ2n) is 3.62. The first kappa shape index (κ1) is 12.7. The molecule has 2 rings (SSSR count). The van der Waals surface area contributed by atoms with Crippen LogP contribution >= 0.6 is 0 Å². The molecular formula is C12H10FN5O. The van der Waals surface area contributed by atoms with Gasteiger partial charge in [0, 0.05) is 0 Å². The third-order valence-corrected chi connectivity index (χ3v) is 2.47. The third-order valence-electron chi connectivity index (χ3n) is 2.47. The summed E-state index contributed by atoms with van der Waals surface area (Å²) in [5.74, 6) is 5.31. The van der Waals surface area contributed by atoms with Gasteiger partial charge in [-0.1, -0.05) is 6.07 Å². The molecule has 2 aromatic rings. The Labute approximate surface area is 108 Å². The lowest BCUT2D eigenvalue weighted by Gasteiger charge is -2.10. The number of nitrogens with zero attached hydrogens (tertiary/aromatic N) is 3. The van der Waals surface area contributed by atoms with Gasteiger partial charge in [0.15, 0.2) is 0 Å². The molecule has 1 aromatic carbocycles. The lowest BCUT2D eigenvalue weighted by atomic mass is 10.2. The van der Waals surface area contributed by atoms with Crippen LogP contribution in [0.1, 0.15) is 11.1 Å². The minimum atomic E-state index is -0.649. The molecule has 19 heavy (non-hydrogen) atoms. The predicted octanol–water partition coefficient (Wildman–Crippen LogP) is 1.87. The third kappa shape index (κ3) is 2.43. The van der Waals surface area contributed by atoms with Crippen LogP contribution < -0.4 is 16.0 Å². The number of hydrazine groups is 1. The molecule has 0 atom stereocenters. The van der Waals surface area contributed by atoms with Crippen LogP contribution in [0.25, 0.3) is 0 Å². The molecule has 0 aliphatic carbocycles. The number of benzene rings is 1. The molecule has 1 aromatic heterocycles. The van der Waals surface area contributed by atoms with Crippen molar-refractivity contribution >= 4 is 5.82 Å². The number of aromatic nitrogens is 2. The molecule has 0 aliphatic rings. The Bertz CT molecular complexity index is 653. The number of nitrogen functional groups attached to an aromatic ring is 1. The number of anilines is 1.